The van der Waals surface area contributed by atoms with Crippen molar-refractivity contribution < 1.29 is 23.9 Å². The molecule has 0 aliphatic rings. The first-order valence-electron chi connectivity index (χ1n) is 13.3. The van der Waals surface area contributed by atoms with Crippen LogP contribution >= 0.6 is 0 Å². The molecule has 0 fully saturated rings. The summed E-state index contributed by atoms with van der Waals surface area (Å²) in [5.74, 6) is -0.712. The molecule has 0 aliphatic heterocycles. The SMILES string of the molecule is CCCCCCCCCC(=O)OCCN(CCOC(=O)CCCCCCCCC)C(=O)CN. The number of carbonyl (C=O) groups excluding carboxylic acids is 3. The van der Waals surface area contributed by atoms with Crippen molar-refractivity contribution in [2.45, 2.75) is 117 Å². The molecule has 0 atom stereocenters. The Labute approximate surface area is 202 Å². The van der Waals surface area contributed by atoms with E-state index in [0.717, 1.165) is 38.5 Å². The summed E-state index contributed by atoms with van der Waals surface area (Å²) in [7, 11) is 0. The normalized spacial score (nSPS) is 10.8. The van der Waals surface area contributed by atoms with Crippen molar-refractivity contribution in [2.24, 2.45) is 5.73 Å². The smallest absolute Gasteiger partial charge is 0.305 e. The van der Waals surface area contributed by atoms with Crippen LogP contribution in [0.2, 0.25) is 0 Å². The Kier molecular flexibility index (Phi) is 22.4. The molecule has 1 amide bonds. The number of esters is 2. The third kappa shape index (κ3) is 20.7. The molecule has 0 saturated heterocycles. The van der Waals surface area contributed by atoms with Crippen molar-refractivity contribution >= 4 is 17.8 Å². The van der Waals surface area contributed by atoms with Gasteiger partial charge in [-0.1, -0.05) is 90.9 Å². The van der Waals surface area contributed by atoms with Crippen LogP contribution in [0.15, 0.2) is 0 Å². The van der Waals surface area contributed by atoms with Crippen molar-refractivity contribution in [2.75, 3.05) is 32.8 Å². The fourth-order valence-corrected chi connectivity index (χ4v) is 3.63. The van der Waals surface area contributed by atoms with Gasteiger partial charge in [-0.15, -0.1) is 0 Å². The quantitative estimate of drug-likeness (QED) is 0.164. The molecule has 0 radical (unpaired) electrons. The van der Waals surface area contributed by atoms with Crippen LogP contribution in [0.4, 0.5) is 0 Å². The van der Waals surface area contributed by atoms with Crippen molar-refractivity contribution in [1.82, 2.24) is 4.90 Å². The van der Waals surface area contributed by atoms with E-state index in [9.17, 15) is 14.4 Å². The fourth-order valence-electron chi connectivity index (χ4n) is 3.63. The van der Waals surface area contributed by atoms with Gasteiger partial charge in [-0.2, -0.15) is 0 Å². The van der Waals surface area contributed by atoms with E-state index in [1.807, 2.05) is 0 Å². The summed E-state index contributed by atoms with van der Waals surface area (Å²) in [6, 6.07) is 0. The Balaban J connectivity index is 3.88. The number of ether oxygens (including phenoxy) is 2. The molecule has 0 aromatic carbocycles. The lowest BCUT2D eigenvalue weighted by Gasteiger charge is -2.21. The highest BCUT2D eigenvalue weighted by molar-refractivity contribution is 5.78. The second-order valence-corrected chi connectivity index (χ2v) is 8.77. The zero-order chi connectivity index (χ0) is 24.6. The van der Waals surface area contributed by atoms with Crippen molar-refractivity contribution in [1.29, 1.82) is 0 Å². The molecule has 7 nitrogen and oxygen atoms in total. The molecule has 194 valence electrons. The zero-order valence-corrected chi connectivity index (χ0v) is 21.4. The summed E-state index contributed by atoms with van der Waals surface area (Å²) in [6.45, 7) is 5.05. The van der Waals surface area contributed by atoms with E-state index in [-0.39, 0.29) is 50.7 Å². The van der Waals surface area contributed by atoms with Gasteiger partial charge < -0.3 is 20.1 Å². The zero-order valence-electron chi connectivity index (χ0n) is 21.4. The average molecular weight is 471 g/mol. The van der Waals surface area contributed by atoms with Crippen LogP contribution in [0.5, 0.6) is 0 Å². The Bertz CT molecular complexity index is 463. The highest BCUT2D eigenvalue weighted by Gasteiger charge is 2.14. The van der Waals surface area contributed by atoms with E-state index in [4.69, 9.17) is 15.2 Å². The second kappa shape index (κ2) is 23.5. The van der Waals surface area contributed by atoms with E-state index in [2.05, 4.69) is 13.8 Å². The maximum Gasteiger partial charge on any atom is 0.305 e. The summed E-state index contributed by atoms with van der Waals surface area (Å²) < 4.78 is 10.5. The van der Waals surface area contributed by atoms with Crippen molar-refractivity contribution in [3.63, 3.8) is 0 Å². The lowest BCUT2D eigenvalue weighted by atomic mass is 10.1. The summed E-state index contributed by atoms with van der Waals surface area (Å²) in [5, 5.41) is 0. The fraction of sp³-hybridized carbons (Fsp3) is 0.885. The molecule has 7 heteroatoms. The van der Waals surface area contributed by atoms with Crippen LogP contribution in [0.3, 0.4) is 0 Å². The molecular formula is C26H50N2O5. The minimum Gasteiger partial charge on any atom is -0.464 e. The first-order chi connectivity index (χ1) is 16.0. The van der Waals surface area contributed by atoms with Gasteiger partial charge in [-0.05, 0) is 12.8 Å². The number of rotatable bonds is 23. The van der Waals surface area contributed by atoms with Gasteiger partial charge in [0.05, 0.1) is 19.6 Å². The van der Waals surface area contributed by atoms with Gasteiger partial charge in [0.2, 0.25) is 5.91 Å². The summed E-state index contributed by atoms with van der Waals surface area (Å²) in [4.78, 5) is 37.3. The number of nitrogens with zero attached hydrogens (tertiary/aromatic N) is 1. The van der Waals surface area contributed by atoms with E-state index in [0.29, 0.717) is 12.8 Å². The van der Waals surface area contributed by atoms with Crippen LogP contribution in [0.1, 0.15) is 117 Å². The average Bonchev–Trinajstić information content (AvgIpc) is 2.81. The lowest BCUT2D eigenvalue weighted by molar-refractivity contribution is -0.147. The topological polar surface area (TPSA) is 98.9 Å². The van der Waals surface area contributed by atoms with Gasteiger partial charge in [0, 0.05) is 12.8 Å². The molecule has 0 aliphatic carbocycles. The Hall–Kier alpha value is -1.63. The molecule has 0 bridgehead atoms. The molecule has 0 rings (SSSR count). The monoisotopic (exact) mass is 470 g/mol. The van der Waals surface area contributed by atoms with Crippen LogP contribution < -0.4 is 5.73 Å². The number of unbranched alkanes of at least 4 members (excludes halogenated alkanes) is 12. The molecule has 33 heavy (non-hydrogen) atoms. The molecular weight excluding hydrogens is 420 g/mol. The predicted molar refractivity (Wildman–Crippen MR) is 133 cm³/mol. The molecule has 0 aromatic rings. The van der Waals surface area contributed by atoms with Crippen LogP contribution in [0.25, 0.3) is 0 Å². The van der Waals surface area contributed by atoms with E-state index in [1.165, 1.54) is 56.3 Å². The van der Waals surface area contributed by atoms with E-state index >= 15 is 0 Å². The number of hydrogen-bond acceptors (Lipinski definition) is 6. The van der Waals surface area contributed by atoms with Gasteiger partial charge in [-0.3, -0.25) is 14.4 Å². The van der Waals surface area contributed by atoms with Crippen LogP contribution in [-0.2, 0) is 23.9 Å². The highest BCUT2D eigenvalue weighted by atomic mass is 16.5. The van der Waals surface area contributed by atoms with Gasteiger partial charge in [0.25, 0.3) is 0 Å². The van der Waals surface area contributed by atoms with Gasteiger partial charge in [0.15, 0.2) is 0 Å². The first-order valence-corrected chi connectivity index (χ1v) is 13.3. The maximum atomic E-state index is 12.0. The second-order valence-electron chi connectivity index (χ2n) is 8.77. The molecule has 0 heterocycles. The van der Waals surface area contributed by atoms with E-state index in [1.54, 1.807) is 0 Å². The van der Waals surface area contributed by atoms with Gasteiger partial charge in [-0.25, -0.2) is 0 Å². The number of carbonyl (C=O) groups is 3. The summed E-state index contributed by atoms with van der Waals surface area (Å²) >= 11 is 0. The third-order valence-corrected chi connectivity index (χ3v) is 5.74. The minimum atomic E-state index is -0.249. The van der Waals surface area contributed by atoms with Gasteiger partial charge in [0.1, 0.15) is 13.2 Å². The largest absolute Gasteiger partial charge is 0.464 e. The Morgan fingerprint density at radius 1 is 0.606 bits per heavy atom. The van der Waals surface area contributed by atoms with E-state index < -0.39 is 0 Å². The minimum absolute atomic E-state index is 0.127. The Morgan fingerprint density at radius 2 is 0.970 bits per heavy atom. The standard InChI is InChI=1S/C26H50N2O5/c1-3-5-7-9-11-13-15-17-25(30)32-21-19-28(24(29)23-27)20-22-33-26(31)18-16-14-12-10-8-6-4-2/h3-23,27H2,1-2H3. The Morgan fingerprint density at radius 3 is 1.33 bits per heavy atom. The van der Waals surface area contributed by atoms with Crippen LogP contribution in [-0.4, -0.2) is 55.6 Å². The summed E-state index contributed by atoms with van der Waals surface area (Å²) in [6.07, 6.45) is 16.9. The maximum absolute atomic E-state index is 12.0. The van der Waals surface area contributed by atoms with Crippen molar-refractivity contribution in [3.05, 3.63) is 0 Å². The molecule has 0 aromatic heterocycles. The number of amides is 1. The summed E-state index contributed by atoms with van der Waals surface area (Å²) in [5.41, 5.74) is 5.48. The lowest BCUT2D eigenvalue weighted by Crippen LogP contribution is -2.40. The third-order valence-electron chi connectivity index (χ3n) is 5.74. The predicted octanol–water partition coefficient (Wildman–Crippen LogP) is 5.14. The van der Waals surface area contributed by atoms with Crippen molar-refractivity contribution in [3.8, 4) is 0 Å². The van der Waals surface area contributed by atoms with Gasteiger partial charge >= 0.3 is 11.9 Å². The first kappa shape index (κ1) is 31.4. The van der Waals surface area contributed by atoms with Crippen LogP contribution in [0, 0.1) is 0 Å². The molecule has 0 saturated carbocycles. The highest BCUT2D eigenvalue weighted by Crippen LogP contribution is 2.10. The number of hydrogen-bond donors (Lipinski definition) is 1. The number of nitrogens with two attached hydrogens (primary N) is 1. The molecule has 2 N–H and O–H groups in total. The molecule has 0 unspecified atom stereocenters. The molecule has 0 spiro atoms.